The van der Waals surface area contributed by atoms with E-state index >= 15 is 0 Å². The van der Waals surface area contributed by atoms with Crippen LogP contribution < -0.4 is 10.6 Å². The molecule has 1 heterocycles. The van der Waals surface area contributed by atoms with Crippen molar-refractivity contribution in [3.63, 3.8) is 0 Å². The topological polar surface area (TPSA) is 56.9 Å². The third kappa shape index (κ3) is 2.54. The molecular formula is C14H19N3O. The number of hydrogen-bond acceptors (Lipinski definition) is 2. The van der Waals surface area contributed by atoms with Crippen LogP contribution in [0.4, 0.5) is 0 Å². The van der Waals surface area contributed by atoms with Crippen LogP contribution in [0.2, 0.25) is 0 Å². The van der Waals surface area contributed by atoms with Crippen molar-refractivity contribution in [1.29, 1.82) is 0 Å². The number of carbonyl (C=O) groups excluding carboxylic acids is 1. The monoisotopic (exact) mass is 245 g/mol. The summed E-state index contributed by atoms with van der Waals surface area (Å²) in [7, 11) is 1.66. The van der Waals surface area contributed by atoms with Gasteiger partial charge in [-0.25, -0.2) is 0 Å². The molecular weight excluding hydrogens is 226 g/mol. The quantitative estimate of drug-likeness (QED) is 0.749. The number of rotatable bonds is 5. The van der Waals surface area contributed by atoms with Crippen molar-refractivity contribution in [3.05, 3.63) is 35.5 Å². The van der Waals surface area contributed by atoms with Gasteiger partial charge in [0.25, 0.3) is 0 Å². The Kier molecular flexibility index (Phi) is 3.99. The van der Waals surface area contributed by atoms with Gasteiger partial charge in [-0.3, -0.25) is 4.79 Å². The molecule has 1 amide bonds. The Morgan fingerprint density at radius 1 is 1.33 bits per heavy atom. The van der Waals surface area contributed by atoms with Crippen molar-refractivity contribution in [3.8, 4) is 0 Å². The number of para-hydroxylation sites is 1. The van der Waals surface area contributed by atoms with Crippen LogP contribution in [0.5, 0.6) is 0 Å². The molecule has 2 aromatic rings. The molecule has 0 fully saturated rings. The van der Waals surface area contributed by atoms with Gasteiger partial charge in [-0.1, -0.05) is 25.1 Å². The van der Waals surface area contributed by atoms with Gasteiger partial charge in [0.2, 0.25) is 5.91 Å². The lowest BCUT2D eigenvalue weighted by Crippen LogP contribution is -2.21. The standard InChI is InChI=1S/C14H19N3O/c1-3-16-9-11-10-6-4-5-7-12(10)17-13(11)8-14(18)15-2/h4-7,16-17H,3,8-9H2,1-2H3,(H,15,18). The summed E-state index contributed by atoms with van der Waals surface area (Å²) in [4.78, 5) is 14.9. The number of aromatic nitrogens is 1. The Balaban J connectivity index is 2.39. The zero-order valence-corrected chi connectivity index (χ0v) is 10.8. The van der Waals surface area contributed by atoms with E-state index in [4.69, 9.17) is 0 Å². The highest BCUT2D eigenvalue weighted by Gasteiger charge is 2.12. The molecule has 1 aromatic heterocycles. The molecule has 0 bridgehead atoms. The summed E-state index contributed by atoms with van der Waals surface area (Å²) in [5.41, 5.74) is 3.27. The molecule has 0 unspecified atom stereocenters. The van der Waals surface area contributed by atoms with E-state index in [1.165, 1.54) is 10.9 Å². The van der Waals surface area contributed by atoms with Gasteiger partial charge in [-0.15, -0.1) is 0 Å². The van der Waals surface area contributed by atoms with Crippen molar-refractivity contribution in [2.45, 2.75) is 19.9 Å². The van der Waals surface area contributed by atoms with Gasteiger partial charge >= 0.3 is 0 Å². The minimum atomic E-state index is 0.0271. The summed E-state index contributed by atoms with van der Waals surface area (Å²) in [6.07, 6.45) is 0.395. The molecule has 0 aliphatic heterocycles. The highest BCUT2D eigenvalue weighted by molar-refractivity contribution is 5.87. The lowest BCUT2D eigenvalue weighted by Gasteiger charge is -2.05. The average Bonchev–Trinajstić information content (AvgIpc) is 2.73. The van der Waals surface area contributed by atoms with Gasteiger partial charge in [0, 0.05) is 30.2 Å². The molecule has 0 saturated carbocycles. The third-order valence-electron chi connectivity index (χ3n) is 3.07. The fourth-order valence-electron chi connectivity index (χ4n) is 2.11. The minimum Gasteiger partial charge on any atom is -0.359 e. The Hall–Kier alpha value is -1.81. The lowest BCUT2D eigenvalue weighted by atomic mass is 10.1. The maximum atomic E-state index is 11.5. The van der Waals surface area contributed by atoms with E-state index in [1.807, 2.05) is 18.2 Å². The van der Waals surface area contributed by atoms with Crippen LogP contribution in [0.25, 0.3) is 10.9 Å². The molecule has 0 spiro atoms. The molecule has 1 aromatic carbocycles. The second-order valence-corrected chi connectivity index (χ2v) is 4.26. The van der Waals surface area contributed by atoms with E-state index in [-0.39, 0.29) is 5.91 Å². The first-order valence-electron chi connectivity index (χ1n) is 6.26. The highest BCUT2D eigenvalue weighted by Crippen LogP contribution is 2.22. The second kappa shape index (κ2) is 5.69. The summed E-state index contributed by atoms with van der Waals surface area (Å²) in [6, 6.07) is 8.15. The number of amides is 1. The maximum absolute atomic E-state index is 11.5. The van der Waals surface area contributed by atoms with Crippen molar-refractivity contribution in [1.82, 2.24) is 15.6 Å². The lowest BCUT2D eigenvalue weighted by molar-refractivity contribution is -0.120. The normalized spacial score (nSPS) is 10.8. The predicted octanol–water partition coefficient (Wildman–Crippen LogP) is 1.57. The van der Waals surface area contributed by atoms with Crippen LogP contribution >= 0.6 is 0 Å². The van der Waals surface area contributed by atoms with Gasteiger partial charge in [0.1, 0.15) is 0 Å². The van der Waals surface area contributed by atoms with E-state index < -0.39 is 0 Å². The molecule has 0 aliphatic carbocycles. The number of H-pyrrole nitrogens is 1. The molecule has 3 N–H and O–H groups in total. The van der Waals surface area contributed by atoms with Gasteiger partial charge < -0.3 is 15.6 Å². The number of aromatic amines is 1. The fourth-order valence-corrected chi connectivity index (χ4v) is 2.11. The molecule has 4 heteroatoms. The van der Waals surface area contributed by atoms with Crippen LogP contribution in [0, 0.1) is 0 Å². The van der Waals surface area contributed by atoms with Gasteiger partial charge in [-0.05, 0) is 18.2 Å². The summed E-state index contributed by atoms with van der Waals surface area (Å²) in [5, 5.41) is 7.18. The maximum Gasteiger partial charge on any atom is 0.225 e. The smallest absolute Gasteiger partial charge is 0.225 e. The molecule has 96 valence electrons. The van der Waals surface area contributed by atoms with Crippen molar-refractivity contribution in [2.24, 2.45) is 0 Å². The van der Waals surface area contributed by atoms with E-state index in [0.717, 1.165) is 24.3 Å². The van der Waals surface area contributed by atoms with Crippen molar-refractivity contribution in [2.75, 3.05) is 13.6 Å². The largest absolute Gasteiger partial charge is 0.359 e. The first-order chi connectivity index (χ1) is 8.76. The number of fused-ring (bicyclic) bond motifs is 1. The summed E-state index contributed by atoms with van der Waals surface area (Å²) >= 11 is 0. The fraction of sp³-hybridized carbons (Fsp3) is 0.357. The van der Waals surface area contributed by atoms with Gasteiger partial charge in [-0.2, -0.15) is 0 Å². The molecule has 4 nitrogen and oxygen atoms in total. The van der Waals surface area contributed by atoms with Gasteiger partial charge in [0.05, 0.1) is 6.42 Å². The highest BCUT2D eigenvalue weighted by atomic mass is 16.1. The second-order valence-electron chi connectivity index (χ2n) is 4.26. The van der Waals surface area contributed by atoms with Crippen LogP contribution in [-0.2, 0) is 17.8 Å². The minimum absolute atomic E-state index is 0.0271. The predicted molar refractivity (Wildman–Crippen MR) is 73.5 cm³/mol. The van der Waals surface area contributed by atoms with E-state index in [0.29, 0.717) is 6.42 Å². The van der Waals surface area contributed by atoms with Crippen LogP contribution in [0.15, 0.2) is 24.3 Å². The van der Waals surface area contributed by atoms with E-state index in [1.54, 1.807) is 7.05 Å². The SMILES string of the molecule is CCNCc1c(CC(=O)NC)[nH]c2ccccc12. The summed E-state index contributed by atoms with van der Waals surface area (Å²) in [5.74, 6) is 0.0271. The zero-order valence-electron chi connectivity index (χ0n) is 10.8. The Bertz CT molecular complexity index is 545. The first-order valence-corrected chi connectivity index (χ1v) is 6.26. The molecule has 0 atom stereocenters. The number of hydrogen-bond donors (Lipinski definition) is 3. The summed E-state index contributed by atoms with van der Waals surface area (Å²) < 4.78 is 0. The van der Waals surface area contributed by atoms with E-state index in [2.05, 4.69) is 28.6 Å². The van der Waals surface area contributed by atoms with Gasteiger partial charge in [0.15, 0.2) is 0 Å². The van der Waals surface area contributed by atoms with Crippen LogP contribution in [-0.4, -0.2) is 24.5 Å². The average molecular weight is 245 g/mol. The summed E-state index contributed by atoms with van der Waals surface area (Å²) in [6.45, 7) is 3.78. The number of likely N-dealkylation sites (N-methyl/N-ethyl adjacent to an activating group) is 1. The first kappa shape index (κ1) is 12.6. The number of benzene rings is 1. The third-order valence-corrected chi connectivity index (χ3v) is 3.07. The molecule has 2 rings (SSSR count). The number of nitrogens with one attached hydrogen (secondary N) is 3. The molecule has 0 radical (unpaired) electrons. The van der Waals surface area contributed by atoms with Crippen LogP contribution in [0.3, 0.4) is 0 Å². The zero-order chi connectivity index (χ0) is 13.0. The van der Waals surface area contributed by atoms with E-state index in [9.17, 15) is 4.79 Å². The molecule has 18 heavy (non-hydrogen) atoms. The van der Waals surface area contributed by atoms with Crippen molar-refractivity contribution < 1.29 is 4.79 Å². The van der Waals surface area contributed by atoms with Crippen LogP contribution in [0.1, 0.15) is 18.2 Å². The Morgan fingerprint density at radius 3 is 2.83 bits per heavy atom. The number of carbonyl (C=O) groups is 1. The van der Waals surface area contributed by atoms with Crippen molar-refractivity contribution >= 4 is 16.8 Å². The Morgan fingerprint density at radius 2 is 2.11 bits per heavy atom. The Labute approximate surface area is 107 Å². The molecule has 0 aliphatic rings. The molecule has 0 saturated heterocycles.